The molecule has 0 bridgehead atoms. The number of H-pyrrole nitrogens is 2. The number of aryl methyl sites for hydroxylation is 2. The Hall–Kier alpha value is -2.38. The number of aromatic nitrogens is 5. The maximum absolute atomic E-state index is 11.9. The van der Waals surface area contributed by atoms with Crippen LogP contribution in [0.25, 0.3) is 0 Å². The Balaban J connectivity index is 1.45. The molecule has 2 aromatic rings. The van der Waals surface area contributed by atoms with Gasteiger partial charge in [0.05, 0.1) is 5.69 Å². The monoisotopic (exact) mass is 317 g/mol. The van der Waals surface area contributed by atoms with E-state index in [0.717, 1.165) is 43.6 Å². The van der Waals surface area contributed by atoms with Crippen molar-refractivity contribution in [1.29, 1.82) is 0 Å². The van der Waals surface area contributed by atoms with Crippen molar-refractivity contribution in [2.75, 3.05) is 11.9 Å². The van der Waals surface area contributed by atoms with Crippen LogP contribution in [0, 0.1) is 0 Å². The number of fused-ring (bicyclic) bond motifs is 1. The first-order valence-corrected chi connectivity index (χ1v) is 8.27. The van der Waals surface area contributed by atoms with E-state index in [1.54, 1.807) is 0 Å². The Kier molecular flexibility index (Phi) is 4.89. The van der Waals surface area contributed by atoms with Gasteiger partial charge in [0.2, 0.25) is 5.95 Å². The third-order valence-electron chi connectivity index (χ3n) is 4.03. The van der Waals surface area contributed by atoms with Gasteiger partial charge >= 0.3 is 6.03 Å². The second-order valence-electron chi connectivity index (χ2n) is 5.82. The lowest BCUT2D eigenvalue weighted by Crippen LogP contribution is -2.31. The molecule has 1 aliphatic carbocycles. The van der Waals surface area contributed by atoms with Crippen molar-refractivity contribution in [2.45, 2.75) is 51.9 Å². The minimum Gasteiger partial charge on any atom is -0.337 e. The summed E-state index contributed by atoms with van der Waals surface area (Å²) in [5, 5.41) is 19.7. The van der Waals surface area contributed by atoms with Crippen molar-refractivity contribution in [3.05, 3.63) is 22.8 Å². The highest BCUT2D eigenvalue weighted by Crippen LogP contribution is 2.22. The normalized spacial score (nSPS) is 13.6. The maximum Gasteiger partial charge on any atom is 0.321 e. The van der Waals surface area contributed by atoms with Crippen LogP contribution in [0.1, 0.15) is 49.0 Å². The second kappa shape index (κ2) is 7.26. The number of aromatic amines is 2. The molecule has 8 nitrogen and oxygen atoms in total. The van der Waals surface area contributed by atoms with E-state index in [2.05, 4.69) is 42.9 Å². The summed E-state index contributed by atoms with van der Waals surface area (Å²) in [4.78, 5) is 16.1. The summed E-state index contributed by atoms with van der Waals surface area (Å²) >= 11 is 0. The number of carbonyl (C=O) groups is 1. The van der Waals surface area contributed by atoms with E-state index in [4.69, 9.17) is 0 Å². The number of rotatable bonds is 6. The van der Waals surface area contributed by atoms with Crippen LogP contribution in [0.2, 0.25) is 0 Å². The lowest BCUT2D eigenvalue weighted by Gasteiger charge is -2.11. The van der Waals surface area contributed by atoms with Crippen LogP contribution >= 0.6 is 0 Å². The zero-order valence-electron chi connectivity index (χ0n) is 13.4. The largest absolute Gasteiger partial charge is 0.337 e. The molecule has 23 heavy (non-hydrogen) atoms. The summed E-state index contributed by atoms with van der Waals surface area (Å²) in [5.41, 5.74) is 3.68. The lowest BCUT2D eigenvalue weighted by molar-refractivity contribution is 0.252. The van der Waals surface area contributed by atoms with E-state index in [-0.39, 0.29) is 6.03 Å². The van der Waals surface area contributed by atoms with Gasteiger partial charge in [-0.15, -0.1) is 5.10 Å². The first-order chi connectivity index (χ1) is 11.3. The number of hydrogen-bond donors (Lipinski definition) is 4. The van der Waals surface area contributed by atoms with Crippen LogP contribution < -0.4 is 10.6 Å². The van der Waals surface area contributed by atoms with Gasteiger partial charge in [0.15, 0.2) is 0 Å². The third-order valence-corrected chi connectivity index (χ3v) is 4.03. The van der Waals surface area contributed by atoms with Crippen LogP contribution in [0.3, 0.4) is 0 Å². The Morgan fingerprint density at radius 3 is 2.91 bits per heavy atom. The van der Waals surface area contributed by atoms with Crippen LogP contribution in [0.4, 0.5) is 10.7 Å². The molecule has 0 fully saturated rings. The molecular weight excluding hydrogens is 294 g/mol. The number of nitrogens with one attached hydrogen (secondary N) is 4. The van der Waals surface area contributed by atoms with E-state index in [0.29, 0.717) is 12.5 Å². The molecule has 0 aliphatic heterocycles. The molecule has 0 saturated carbocycles. The molecule has 0 spiro atoms. The average molecular weight is 317 g/mol. The summed E-state index contributed by atoms with van der Waals surface area (Å²) in [6.45, 7) is 2.60. The van der Waals surface area contributed by atoms with Crippen LogP contribution in [0.5, 0.6) is 0 Å². The number of nitrogens with zero attached hydrogens (tertiary/aromatic N) is 3. The van der Waals surface area contributed by atoms with E-state index in [1.807, 2.05) is 0 Å². The number of hydrogen-bond acceptors (Lipinski definition) is 4. The zero-order chi connectivity index (χ0) is 16.1. The SMILES string of the molecule is CCCc1nc(NC(=O)NCCc2n[nH]c3c2CCCC3)n[nH]1. The molecule has 2 aromatic heterocycles. The Morgan fingerprint density at radius 2 is 2.04 bits per heavy atom. The molecule has 8 heteroatoms. The number of amides is 2. The van der Waals surface area contributed by atoms with Crippen LogP contribution in [0.15, 0.2) is 0 Å². The predicted octanol–water partition coefficient (Wildman–Crippen LogP) is 1.72. The minimum atomic E-state index is -0.295. The standard InChI is InChI=1S/C15H23N7O/c1-2-5-13-17-14(22-21-13)18-15(23)16-9-8-12-10-6-3-4-7-11(10)19-20-12/h2-9H2,1H3,(H,19,20)(H3,16,17,18,21,22,23). The predicted molar refractivity (Wildman–Crippen MR) is 86.3 cm³/mol. The van der Waals surface area contributed by atoms with E-state index in [9.17, 15) is 4.79 Å². The van der Waals surface area contributed by atoms with Crippen LogP contribution in [-0.2, 0) is 25.7 Å². The van der Waals surface area contributed by atoms with Gasteiger partial charge in [-0.2, -0.15) is 10.1 Å². The van der Waals surface area contributed by atoms with Gasteiger partial charge in [-0.25, -0.2) is 4.79 Å². The Labute approximate surface area is 134 Å². The fourth-order valence-electron chi connectivity index (χ4n) is 2.90. The van der Waals surface area contributed by atoms with E-state index >= 15 is 0 Å². The molecule has 0 unspecified atom stereocenters. The maximum atomic E-state index is 11.9. The van der Waals surface area contributed by atoms with Gasteiger partial charge < -0.3 is 5.32 Å². The highest BCUT2D eigenvalue weighted by Gasteiger charge is 2.16. The molecule has 2 heterocycles. The van der Waals surface area contributed by atoms with Gasteiger partial charge in [-0.05, 0) is 37.7 Å². The van der Waals surface area contributed by atoms with Gasteiger partial charge in [-0.1, -0.05) is 6.92 Å². The van der Waals surface area contributed by atoms with Crippen molar-refractivity contribution < 1.29 is 4.79 Å². The smallest absolute Gasteiger partial charge is 0.321 e. The van der Waals surface area contributed by atoms with E-state index in [1.165, 1.54) is 24.1 Å². The van der Waals surface area contributed by atoms with Crippen molar-refractivity contribution in [3.8, 4) is 0 Å². The molecule has 0 saturated heterocycles. The molecule has 1 aliphatic rings. The summed E-state index contributed by atoms with van der Waals surface area (Å²) in [7, 11) is 0. The summed E-state index contributed by atoms with van der Waals surface area (Å²) < 4.78 is 0. The van der Waals surface area contributed by atoms with Gasteiger partial charge in [0, 0.05) is 25.1 Å². The van der Waals surface area contributed by atoms with Crippen molar-refractivity contribution in [1.82, 2.24) is 30.7 Å². The van der Waals surface area contributed by atoms with Gasteiger partial charge in [0.1, 0.15) is 5.82 Å². The minimum absolute atomic E-state index is 0.295. The number of carbonyl (C=O) groups excluding carboxylic acids is 1. The molecule has 0 aromatic carbocycles. The molecule has 124 valence electrons. The summed E-state index contributed by atoms with van der Waals surface area (Å²) in [5.74, 6) is 1.09. The van der Waals surface area contributed by atoms with Crippen molar-refractivity contribution >= 4 is 12.0 Å². The summed E-state index contributed by atoms with van der Waals surface area (Å²) in [6.07, 6.45) is 7.15. The average Bonchev–Trinajstić information content (AvgIpc) is 3.15. The third kappa shape index (κ3) is 3.88. The first kappa shape index (κ1) is 15.5. The van der Waals surface area contributed by atoms with Crippen LogP contribution in [-0.4, -0.2) is 38.0 Å². The lowest BCUT2D eigenvalue weighted by atomic mass is 9.95. The molecule has 3 rings (SSSR count). The highest BCUT2D eigenvalue weighted by molar-refractivity contribution is 5.87. The summed E-state index contributed by atoms with van der Waals surface area (Å²) in [6, 6.07) is -0.295. The molecule has 0 atom stereocenters. The quantitative estimate of drug-likeness (QED) is 0.650. The second-order valence-corrected chi connectivity index (χ2v) is 5.82. The van der Waals surface area contributed by atoms with Crippen molar-refractivity contribution in [3.63, 3.8) is 0 Å². The zero-order valence-corrected chi connectivity index (χ0v) is 13.4. The Morgan fingerprint density at radius 1 is 1.17 bits per heavy atom. The first-order valence-electron chi connectivity index (χ1n) is 8.27. The molecule has 2 amide bonds. The molecular formula is C15H23N7O. The Bertz CT molecular complexity index is 661. The fourth-order valence-corrected chi connectivity index (χ4v) is 2.90. The number of urea groups is 1. The highest BCUT2D eigenvalue weighted by atomic mass is 16.2. The number of anilines is 1. The van der Waals surface area contributed by atoms with Gasteiger partial charge in [-0.3, -0.25) is 15.5 Å². The van der Waals surface area contributed by atoms with Gasteiger partial charge in [0.25, 0.3) is 0 Å². The van der Waals surface area contributed by atoms with E-state index < -0.39 is 0 Å². The molecule has 4 N–H and O–H groups in total. The molecule has 0 radical (unpaired) electrons. The topological polar surface area (TPSA) is 111 Å². The fraction of sp³-hybridized carbons (Fsp3) is 0.600. The van der Waals surface area contributed by atoms with Crippen molar-refractivity contribution in [2.24, 2.45) is 0 Å².